The van der Waals surface area contributed by atoms with E-state index < -0.39 is 10.2 Å². The molecule has 1 aromatic heterocycles. The number of benzene rings is 1. The second-order valence-electron chi connectivity index (χ2n) is 6.04. The summed E-state index contributed by atoms with van der Waals surface area (Å²) in [5, 5.41) is 18.5. The molecule has 0 atom stereocenters. The summed E-state index contributed by atoms with van der Waals surface area (Å²) in [7, 11) is -3.61. The molecule has 2 rings (SSSR count). The second kappa shape index (κ2) is 8.25. The van der Waals surface area contributed by atoms with Crippen molar-refractivity contribution in [1.29, 1.82) is 5.26 Å². The molecule has 0 fully saturated rings. The van der Waals surface area contributed by atoms with E-state index in [0.29, 0.717) is 25.1 Å². The third-order valence-electron chi connectivity index (χ3n) is 4.06. The van der Waals surface area contributed by atoms with Crippen molar-refractivity contribution in [2.24, 2.45) is 5.14 Å². The lowest BCUT2D eigenvalue weighted by Crippen LogP contribution is -2.31. The van der Waals surface area contributed by atoms with Crippen LogP contribution in [0.4, 0.5) is 5.69 Å². The highest BCUT2D eigenvalue weighted by Crippen LogP contribution is 2.28. The molecule has 0 aliphatic rings. The van der Waals surface area contributed by atoms with E-state index in [1.807, 2.05) is 19.9 Å². The van der Waals surface area contributed by atoms with Gasteiger partial charge in [0.25, 0.3) is 10.2 Å². The first-order chi connectivity index (χ1) is 11.8. The minimum absolute atomic E-state index is 0.332. The fraction of sp³-hybridized carbons (Fsp3) is 0.412. The Morgan fingerprint density at radius 3 is 2.52 bits per heavy atom. The maximum atomic E-state index is 10.8. The van der Waals surface area contributed by atoms with Gasteiger partial charge in [-0.1, -0.05) is 6.42 Å². The fourth-order valence-electron chi connectivity index (χ4n) is 2.58. The standard InChI is InChI=1S/C17H23N5O2S/c1-12-8-15-16(9-13(12)2)21-11-14(10-18)17(15)20-6-4-3-5-7-22-25(19,23)24/h8-9,11,22H,3-7H2,1-2H3,(H,20,21)(H2,19,23,24). The molecule has 0 spiro atoms. The van der Waals surface area contributed by atoms with Crippen LogP contribution in [0.2, 0.25) is 0 Å². The summed E-state index contributed by atoms with van der Waals surface area (Å²) in [6.45, 7) is 5.10. The van der Waals surface area contributed by atoms with E-state index >= 15 is 0 Å². The Bertz CT molecular complexity index is 903. The predicted molar refractivity (Wildman–Crippen MR) is 99.4 cm³/mol. The van der Waals surface area contributed by atoms with Gasteiger partial charge in [0.15, 0.2) is 0 Å². The molecule has 0 unspecified atom stereocenters. The fourth-order valence-corrected chi connectivity index (χ4v) is 3.01. The Hall–Kier alpha value is -2.21. The van der Waals surface area contributed by atoms with Crippen LogP contribution in [-0.2, 0) is 10.2 Å². The molecule has 8 heteroatoms. The first-order valence-electron chi connectivity index (χ1n) is 8.13. The first kappa shape index (κ1) is 19.1. The number of nitriles is 1. The summed E-state index contributed by atoms with van der Waals surface area (Å²) in [6.07, 6.45) is 4.00. The van der Waals surface area contributed by atoms with E-state index in [9.17, 15) is 13.7 Å². The summed E-state index contributed by atoms with van der Waals surface area (Å²) in [4.78, 5) is 4.37. The van der Waals surface area contributed by atoms with Crippen molar-refractivity contribution in [3.05, 3.63) is 35.0 Å². The van der Waals surface area contributed by atoms with E-state index in [0.717, 1.165) is 40.6 Å². The maximum Gasteiger partial charge on any atom is 0.274 e. The molecule has 0 bridgehead atoms. The molecule has 0 saturated heterocycles. The van der Waals surface area contributed by atoms with Crippen LogP contribution in [0.3, 0.4) is 0 Å². The van der Waals surface area contributed by atoms with E-state index in [1.165, 1.54) is 0 Å². The van der Waals surface area contributed by atoms with Gasteiger partial charge in [0.2, 0.25) is 0 Å². The highest BCUT2D eigenvalue weighted by atomic mass is 32.2. The van der Waals surface area contributed by atoms with Crippen molar-refractivity contribution >= 4 is 26.8 Å². The number of rotatable bonds is 8. The van der Waals surface area contributed by atoms with Crippen molar-refractivity contribution in [3.8, 4) is 6.07 Å². The molecule has 134 valence electrons. The molecule has 1 aromatic carbocycles. The lowest BCUT2D eigenvalue weighted by atomic mass is 10.0. The minimum Gasteiger partial charge on any atom is -0.383 e. The number of nitrogens with zero attached hydrogens (tertiary/aromatic N) is 2. The minimum atomic E-state index is -3.61. The largest absolute Gasteiger partial charge is 0.383 e. The number of aryl methyl sites for hydroxylation is 2. The third-order valence-corrected chi connectivity index (χ3v) is 4.67. The van der Waals surface area contributed by atoms with Crippen LogP contribution in [0.5, 0.6) is 0 Å². The Morgan fingerprint density at radius 2 is 1.84 bits per heavy atom. The van der Waals surface area contributed by atoms with Crippen molar-refractivity contribution in [1.82, 2.24) is 9.71 Å². The second-order valence-corrected chi connectivity index (χ2v) is 7.42. The summed E-state index contributed by atoms with van der Waals surface area (Å²) >= 11 is 0. The van der Waals surface area contributed by atoms with Gasteiger partial charge in [0.1, 0.15) is 6.07 Å². The molecule has 4 N–H and O–H groups in total. The number of unbranched alkanes of at least 4 members (excludes halogenated alkanes) is 2. The van der Waals surface area contributed by atoms with Crippen molar-refractivity contribution in [2.45, 2.75) is 33.1 Å². The Balaban J connectivity index is 2.00. The molecule has 2 aromatic rings. The predicted octanol–water partition coefficient (Wildman–Crippen LogP) is 2.10. The lowest BCUT2D eigenvalue weighted by molar-refractivity contribution is 0.577. The van der Waals surface area contributed by atoms with Crippen LogP contribution >= 0.6 is 0 Å². The molecule has 0 amide bonds. The number of aromatic nitrogens is 1. The molecule has 0 saturated carbocycles. The number of nitrogens with one attached hydrogen (secondary N) is 2. The van der Waals surface area contributed by atoms with Gasteiger partial charge in [0.05, 0.1) is 16.8 Å². The van der Waals surface area contributed by atoms with Crippen LogP contribution in [0, 0.1) is 25.2 Å². The number of nitrogens with two attached hydrogens (primary N) is 1. The zero-order valence-electron chi connectivity index (χ0n) is 14.5. The summed E-state index contributed by atoms with van der Waals surface area (Å²) in [5.41, 5.74) is 4.51. The maximum absolute atomic E-state index is 10.8. The normalized spacial score (nSPS) is 11.4. The van der Waals surface area contributed by atoms with Crippen molar-refractivity contribution in [2.75, 3.05) is 18.4 Å². The topological polar surface area (TPSA) is 121 Å². The first-order valence-corrected chi connectivity index (χ1v) is 9.68. The van der Waals surface area contributed by atoms with E-state index in [4.69, 9.17) is 5.14 Å². The van der Waals surface area contributed by atoms with Gasteiger partial charge < -0.3 is 5.32 Å². The van der Waals surface area contributed by atoms with Gasteiger partial charge in [-0.15, -0.1) is 0 Å². The van der Waals surface area contributed by atoms with Crippen LogP contribution in [0.1, 0.15) is 36.0 Å². The number of fused-ring (bicyclic) bond motifs is 1. The zero-order chi connectivity index (χ0) is 18.4. The number of hydrogen-bond acceptors (Lipinski definition) is 5. The number of anilines is 1. The zero-order valence-corrected chi connectivity index (χ0v) is 15.3. The van der Waals surface area contributed by atoms with E-state index in [-0.39, 0.29) is 0 Å². The third kappa shape index (κ3) is 5.39. The van der Waals surface area contributed by atoms with Crippen molar-refractivity contribution in [3.63, 3.8) is 0 Å². The Labute approximate surface area is 148 Å². The molecule has 25 heavy (non-hydrogen) atoms. The highest BCUT2D eigenvalue weighted by Gasteiger charge is 2.10. The van der Waals surface area contributed by atoms with Gasteiger partial charge in [-0.2, -0.15) is 13.7 Å². The summed E-state index contributed by atoms with van der Waals surface area (Å²) < 4.78 is 23.8. The van der Waals surface area contributed by atoms with Crippen LogP contribution < -0.4 is 15.2 Å². The monoisotopic (exact) mass is 361 g/mol. The average Bonchev–Trinajstić information content (AvgIpc) is 2.54. The van der Waals surface area contributed by atoms with Crippen molar-refractivity contribution < 1.29 is 8.42 Å². The van der Waals surface area contributed by atoms with Gasteiger partial charge in [0, 0.05) is 24.7 Å². The van der Waals surface area contributed by atoms with Crippen LogP contribution in [-0.4, -0.2) is 26.5 Å². The summed E-state index contributed by atoms with van der Waals surface area (Å²) in [6, 6.07) is 6.26. The number of hydrogen-bond donors (Lipinski definition) is 3. The van der Waals surface area contributed by atoms with Gasteiger partial charge >= 0.3 is 0 Å². The van der Waals surface area contributed by atoms with Crippen LogP contribution in [0.15, 0.2) is 18.3 Å². The highest BCUT2D eigenvalue weighted by molar-refractivity contribution is 7.87. The molecular formula is C17H23N5O2S. The smallest absolute Gasteiger partial charge is 0.274 e. The Morgan fingerprint density at radius 1 is 1.16 bits per heavy atom. The molecular weight excluding hydrogens is 338 g/mol. The van der Waals surface area contributed by atoms with E-state index in [2.05, 4.69) is 27.2 Å². The van der Waals surface area contributed by atoms with Crippen LogP contribution in [0.25, 0.3) is 10.9 Å². The Kier molecular flexibility index (Phi) is 6.31. The quantitative estimate of drug-likeness (QED) is 0.622. The average molecular weight is 361 g/mol. The molecule has 0 aliphatic carbocycles. The van der Waals surface area contributed by atoms with Gasteiger partial charge in [-0.25, -0.2) is 9.86 Å². The molecule has 0 aliphatic heterocycles. The molecule has 7 nitrogen and oxygen atoms in total. The SMILES string of the molecule is Cc1cc2ncc(C#N)c(NCCCCCNS(N)(=O)=O)c2cc1C. The number of pyridine rings is 1. The molecule has 1 heterocycles. The molecule has 0 radical (unpaired) electrons. The summed E-state index contributed by atoms with van der Waals surface area (Å²) in [5.74, 6) is 0. The van der Waals surface area contributed by atoms with Gasteiger partial charge in [-0.05, 0) is 49.9 Å². The van der Waals surface area contributed by atoms with E-state index in [1.54, 1.807) is 6.20 Å². The lowest BCUT2D eigenvalue weighted by Gasteiger charge is -2.13. The van der Waals surface area contributed by atoms with Gasteiger partial charge in [-0.3, -0.25) is 4.98 Å².